The molecule has 1 amide bonds. The maximum Gasteiger partial charge on any atom is 0.326 e. The highest BCUT2D eigenvalue weighted by molar-refractivity contribution is 5.85. The molecule has 0 bridgehead atoms. The monoisotopic (exact) mass is 295 g/mol. The molecule has 4 atom stereocenters. The molecule has 21 heavy (non-hydrogen) atoms. The molecule has 2 aliphatic heterocycles. The van der Waals surface area contributed by atoms with E-state index in [2.05, 4.69) is 0 Å². The summed E-state index contributed by atoms with van der Waals surface area (Å²) in [6.07, 6.45) is 8.38. The molecule has 0 unspecified atom stereocenters. The number of hydrogen-bond donors (Lipinski definition) is 1. The first-order valence-electron chi connectivity index (χ1n) is 8.32. The van der Waals surface area contributed by atoms with Crippen LogP contribution in [0.3, 0.4) is 0 Å². The maximum absolute atomic E-state index is 12.7. The summed E-state index contributed by atoms with van der Waals surface area (Å²) in [5, 5.41) is 9.46. The number of carboxylic acids is 1. The van der Waals surface area contributed by atoms with E-state index in [1.807, 2.05) is 0 Å². The molecule has 0 spiro atoms. The molecular formula is C16H25NO4. The Balaban J connectivity index is 1.69. The van der Waals surface area contributed by atoms with Crippen LogP contribution >= 0.6 is 0 Å². The highest BCUT2D eigenvalue weighted by Gasteiger charge is 2.47. The minimum absolute atomic E-state index is 0.0105. The predicted octanol–water partition coefficient (Wildman–Crippen LogP) is 2.19. The third-order valence-electron chi connectivity index (χ3n) is 5.34. The Labute approximate surface area is 125 Å². The number of fused-ring (bicyclic) bond motifs is 1. The molecule has 118 valence electrons. The Morgan fingerprint density at radius 2 is 1.86 bits per heavy atom. The van der Waals surface area contributed by atoms with E-state index in [9.17, 15) is 14.7 Å². The van der Waals surface area contributed by atoms with Gasteiger partial charge in [-0.1, -0.05) is 12.8 Å². The van der Waals surface area contributed by atoms with Gasteiger partial charge in [0.15, 0.2) is 0 Å². The van der Waals surface area contributed by atoms with Gasteiger partial charge in [-0.25, -0.2) is 4.79 Å². The van der Waals surface area contributed by atoms with E-state index in [0.717, 1.165) is 45.1 Å². The number of hydrogen-bond acceptors (Lipinski definition) is 3. The molecule has 2 saturated heterocycles. The number of carbonyl (C=O) groups is 2. The van der Waals surface area contributed by atoms with Gasteiger partial charge in [-0.3, -0.25) is 4.79 Å². The van der Waals surface area contributed by atoms with E-state index in [1.165, 1.54) is 6.42 Å². The van der Waals surface area contributed by atoms with Crippen LogP contribution in [-0.2, 0) is 14.3 Å². The van der Waals surface area contributed by atoms with Crippen LogP contribution in [0.5, 0.6) is 0 Å². The first-order valence-corrected chi connectivity index (χ1v) is 8.32. The van der Waals surface area contributed by atoms with Crippen molar-refractivity contribution in [3.63, 3.8) is 0 Å². The van der Waals surface area contributed by atoms with Crippen LogP contribution < -0.4 is 0 Å². The number of ether oxygens (including phenoxy) is 1. The number of carboxylic acid groups (broad SMARTS) is 1. The normalized spacial score (nSPS) is 36.3. The molecular weight excluding hydrogens is 270 g/mol. The second-order valence-corrected chi connectivity index (χ2v) is 6.70. The van der Waals surface area contributed by atoms with Crippen LogP contribution in [0, 0.1) is 5.92 Å². The van der Waals surface area contributed by atoms with Crippen LogP contribution in [0.1, 0.15) is 57.8 Å². The molecule has 3 aliphatic rings. The zero-order chi connectivity index (χ0) is 14.8. The van der Waals surface area contributed by atoms with Crippen LogP contribution in [-0.4, -0.2) is 46.7 Å². The Morgan fingerprint density at radius 1 is 1.10 bits per heavy atom. The first-order chi connectivity index (χ1) is 10.2. The number of rotatable bonds is 3. The molecule has 1 saturated carbocycles. The lowest BCUT2D eigenvalue weighted by Crippen LogP contribution is -2.47. The quantitative estimate of drug-likeness (QED) is 0.866. The molecule has 3 fully saturated rings. The number of carbonyl (C=O) groups excluding carboxylic acids is 1. The predicted molar refractivity (Wildman–Crippen MR) is 76.8 cm³/mol. The van der Waals surface area contributed by atoms with E-state index in [-0.39, 0.29) is 18.1 Å². The Kier molecular flexibility index (Phi) is 4.48. The number of aliphatic carboxylic acids is 1. The van der Waals surface area contributed by atoms with Gasteiger partial charge in [-0.05, 0) is 44.4 Å². The molecule has 0 radical (unpaired) electrons. The van der Waals surface area contributed by atoms with Crippen LogP contribution in [0.25, 0.3) is 0 Å². The molecule has 0 aromatic rings. The SMILES string of the molecule is O=C(O)[C@@H]1C[C@@H]2CCCC[C@H]2N1C(=O)C[C@@H]1CCCCO1. The van der Waals surface area contributed by atoms with Gasteiger partial charge in [0.25, 0.3) is 0 Å². The summed E-state index contributed by atoms with van der Waals surface area (Å²) in [6.45, 7) is 0.729. The number of amides is 1. The van der Waals surface area contributed by atoms with Gasteiger partial charge >= 0.3 is 5.97 Å². The molecule has 1 aliphatic carbocycles. The summed E-state index contributed by atoms with van der Waals surface area (Å²) in [6, 6.07) is -0.467. The first kappa shape index (κ1) is 14.8. The molecule has 2 heterocycles. The summed E-state index contributed by atoms with van der Waals surface area (Å²) in [5.41, 5.74) is 0. The van der Waals surface area contributed by atoms with Crippen molar-refractivity contribution < 1.29 is 19.4 Å². The van der Waals surface area contributed by atoms with E-state index in [1.54, 1.807) is 4.90 Å². The van der Waals surface area contributed by atoms with E-state index >= 15 is 0 Å². The van der Waals surface area contributed by atoms with Gasteiger partial charge in [0, 0.05) is 12.6 Å². The lowest BCUT2D eigenvalue weighted by Gasteiger charge is -2.34. The summed E-state index contributed by atoms with van der Waals surface area (Å²) in [7, 11) is 0. The summed E-state index contributed by atoms with van der Waals surface area (Å²) < 4.78 is 5.64. The minimum Gasteiger partial charge on any atom is -0.480 e. The molecule has 3 rings (SSSR count). The number of likely N-dealkylation sites (tertiary alicyclic amines) is 1. The van der Waals surface area contributed by atoms with Crippen molar-refractivity contribution in [1.29, 1.82) is 0 Å². The number of nitrogens with zero attached hydrogens (tertiary/aromatic N) is 1. The van der Waals surface area contributed by atoms with E-state index in [4.69, 9.17) is 4.74 Å². The van der Waals surface area contributed by atoms with Crippen molar-refractivity contribution in [2.24, 2.45) is 5.92 Å². The lowest BCUT2D eigenvalue weighted by molar-refractivity contribution is -0.151. The smallest absolute Gasteiger partial charge is 0.326 e. The average molecular weight is 295 g/mol. The van der Waals surface area contributed by atoms with Gasteiger partial charge in [0.2, 0.25) is 5.91 Å². The third-order valence-corrected chi connectivity index (χ3v) is 5.34. The molecule has 0 aromatic heterocycles. The van der Waals surface area contributed by atoms with Crippen LogP contribution in [0.15, 0.2) is 0 Å². The zero-order valence-electron chi connectivity index (χ0n) is 12.5. The second kappa shape index (κ2) is 6.34. The van der Waals surface area contributed by atoms with Crippen molar-refractivity contribution in [2.75, 3.05) is 6.61 Å². The van der Waals surface area contributed by atoms with Crippen LogP contribution in [0.2, 0.25) is 0 Å². The highest BCUT2D eigenvalue weighted by atomic mass is 16.5. The van der Waals surface area contributed by atoms with Crippen molar-refractivity contribution in [3.8, 4) is 0 Å². The average Bonchev–Trinajstić information content (AvgIpc) is 2.88. The highest BCUT2D eigenvalue weighted by Crippen LogP contribution is 2.40. The third kappa shape index (κ3) is 3.07. The topological polar surface area (TPSA) is 66.8 Å². The van der Waals surface area contributed by atoms with Gasteiger partial charge in [0.05, 0.1) is 12.5 Å². The summed E-state index contributed by atoms with van der Waals surface area (Å²) in [4.78, 5) is 25.9. The van der Waals surface area contributed by atoms with Crippen molar-refractivity contribution in [1.82, 2.24) is 4.90 Å². The Bertz CT molecular complexity index is 405. The fourth-order valence-corrected chi connectivity index (χ4v) is 4.31. The molecule has 5 heteroatoms. The van der Waals surface area contributed by atoms with Crippen molar-refractivity contribution in [2.45, 2.75) is 76.0 Å². The molecule has 1 N–H and O–H groups in total. The van der Waals surface area contributed by atoms with Crippen LogP contribution in [0.4, 0.5) is 0 Å². The summed E-state index contributed by atoms with van der Waals surface area (Å²) in [5.74, 6) is -0.470. The van der Waals surface area contributed by atoms with Crippen molar-refractivity contribution in [3.05, 3.63) is 0 Å². The fraction of sp³-hybridized carbons (Fsp3) is 0.875. The minimum atomic E-state index is -0.845. The standard InChI is InChI=1S/C16H25NO4/c18-15(10-12-6-3-4-8-21-12)17-13-7-2-1-5-11(13)9-14(17)16(19)20/h11-14H,1-10H2,(H,19,20)/t11-,12-,13+,14-/m0/s1. The Morgan fingerprint density at radius 3 is 2.57 bits per heavy atom. The molecule has 0 aromatic carbocycles. The Hall–Kier alpha value is -1.10. The van der Waals surface area contributed by atoms with E-state index in [0.29, 0.717) is 18.8 Å². The van der Waals surface area contributed by atoms with Gasteiger partial charge in [-0.15, -0.1) is 0 Å². The van der Waals surface area contributed by atoms with Gasteiger partial charge in [-0.2, -0.15) is 0 Å². The van der Waals surface area contributed by atoms with Gasteiger partial charge in [0.1, 0.15) is 6.04 Å². The van der Waals surface area contributed by atoms with Gasteiger partial charge < -0.3 is 14.7 Å². The molecule has 5 nitrogen and oxygen atoms in total. The zero-order valence-corrected chi connectivity index (χ0v) is 12.5. The fourth-order valence-electron chi connectivity index (χ4n) is 4.31. The maximum atomic E-state index is 12.7. The summed E-state index contributed by atoms with van der Waals surface area (Å²) >= 11 is 0. The largest absolute Gasteiger partial charge is 0.480 e. The lowest BCUT2D eigenvalue weighted by atomic mass is 9.84. The second-order valence-electron chi connectivity index (χ2n) is 6.70. The van der Waals surface area contributed by atoms with E-state index < -0.39 is 12.0 Å². The van der Waals surface area contributed by atoms with Crippen molar-refractivity contribution >= 4 is 11.9 Å².